The summed E-state index contributed by atoms with van der Waals surface area (Å²) in [5, 5.41) is 10.0. The molecule has 4 heteroatoms. The highest BCUT2D eigenvalue weighted by Gasteiger charge is 2.29. The Bertz CT molecular complexity index is 737. The number of ketones is 1. The van der Waals surface area contributed by atoms with Crippen LogP contribution in [0.2, 0.25) is 0 Å². The van der Waals surface area contributed by atoms with Crippen molar-refractivity contribution < 1.29 is 19.4 Å². The number of rotatable bonds is 5. The molecular weight excluding hydrogens is 316 g/mol. The molecule has 2 aromatic carbocycles. The van der Waals surface area contributed by atoms with Crippen LogP contribution in [0.4, 0.5) is 0 Å². The van der Waals surface area contributed by atoms with E-state index in [2.05, 4.69) is 0 Å². The van der Waals surface area contributed by atoms with Gasteiger partial charge in [-0.15, -0.1) is 0 Å². The van der Waals surface area contributed by atoms with Gasteiger partial charge < -0.3 is 14.6 Å². The van der Waals surface area contributed by atoms with E-state index in [1.54, 1.807) is 30.4 Å². The molecule has 3 atom stereocenters. The molecule has 0 unspecified atom stereocenters. The zero-order chi connectivity index (χ0) is 17.5. The lowest BCUT2D eigenvalue weighted by atomic mass is 10.1. The molecule has 0 bridgehead atoms. The number of hydrogen-bond acceptors (Lipinski definition) is 4. The number of carbonyl (C=O) groups excluding carboxylic acids is 1. The molecule has 2 aromatic rings. The molecule has 0 amide bonds. The van der Waals surface area contributed by atoms with E-state index in [-0.39, 0.29) is 12.4 Å². The molecule has 0 aliphatic carbocycles. The third-order valence-corrected chi connectivity index (χ3v) is 3.87. The molecule has 1 N–H and O–H groups in total. The second-order valence-corrected chi connectivity index (χ2v) is 5.72. The van der Waals surface area contributed by atoms with Crippen LogP contribution in [0, 0.1) is 0 Å². The SMILES string of the molecule is O=C(/C=C/C=C/[C@@H]1O[C@H](c2ccccc2)OC[C@H]1O)c1ccccc1. The van der Waals surface area contributed by atoms with Crippen molar-refractivity contribution in [2.75, 3.05) is 6.61 Å². The predicted molar refractivity (Wildman–Crippen MR) is 95.1 cm³/mol. The fourth-order valence-corrected chi connectivity index (χ4v) is 2.53. The van der Waals surface area contributed by atoms with E-state index in [0.29, 0.717) is 5.56 Å². The minimum atomic E-state index is -0.741. The zero-order valence-electron chi connectivity index (χ0n) is 13.7. The molecule has 1 heterocycles. The molecule has 1 aliphatic rings. The second-order valence-electron chi connectivity index (χ2n) is 5.72. The molecule has 1 fully saturated rings. The monoisotopic (exact) mass is 336 g/mol. The van der Waals surface area contributed by atoms with Crippen molar-refractivity contribution in [3.05, 3.63) is 96.1 Å². The number of carbonyl (C=O) groups is 1. The van der Waals surface area contributed by atoms with Gasteiger partial charge in [-0.05, 0) is 6.08 Å². The summed E-state index contributed by atoms with van der Waals surface area (Å²) >= 11 is 0. The molecule has 0 spiro atoms. The molecule has 1 aliphatic heterocycles. The van der Waals surface area contributed by atoms with Crippen LogP contribution in [0.5, 0.6) is 0 Å². The summed E-state index contributed by atoms with van der Waals surface area (Å²) in [6.45, 7) is 0.196. The molecule has 0 radical (unpaired) electrons. The van der Waals surface area contributed by atoms with Crippen molar-refractivity contribution in [3.63, 3.8) is 0 Å². The van der Waals surface area contributed by atoms with Gasteiger partial charge in [0.1, 0.15) is 12.2 Å². The van der Waals surface area contributed by atoms with Gasteiger partial charge in [0.25, 0.3) is 0 Å². The molecule has 128 valence electrons. The van der Waals surface area contributed by atoms with Crippen molar-refractivity contribution in [1.29, 1.82) is 0 Å². The Kier molecular flexibility index (Phi) is 5.90. The van der Waals surface area contributed by atoms with Gasteiger partial charge in [-0.2, -0.15) is 0 Å². The maximum atomic E-state index is 12.0. The molecule has 4 nitrogen and oxygen atoms in total. The Labute approximate surface area is 147 Å². The van der Waals surface area contributed by atoms with E-state index in [1.807, 2.05) is 48.5 Å². The Balaban J connectivity index is 1.60. The number of aliphatic hydroxyl groups excluding tert-OH is 1. The number of benzene rings is 2. The molecule has 3 rings (SSSR count). The lowest BCUT2D eigenvalue weighted by Gasteiger charge is -2.32. The summed E-state index contributed by atoms with van der Waals surface area (Å²) in [7, 11) is 0. The standard InChI is InChI=1S/C21H20O4/c22-18(16-9-3-1-4-10-16)13-7-8-14-20-19(23)15-24-21(25-20)17-11-5-2-6-12-17/h1-14,19-21,23H,15H2/b13-7+,14-8+/t19-,20+,21-/m1/s1. The third kappa shape index (κ3) is 4.73. The van der Waals surface area contributed by atoms with E-state index < -0.39 is 18.5 Å². The minimum Gasteiger partial charge on any atom is -0.388 e. The van der Waals surface area contributed by atoms with Crippen molar-refractivity contribution >= 4 is 5.78 Å². The normalized spacial score (nSPS) is 24.0. The largest absolute Gasteiger partial charge is 0.388 e. The Morgan fingerprint density at radius 1 is 1.00 bits per heavy atom. The lowest BCUT2D eigenvalue weighted by molar-refractivity contribution is -0.243. The fourth-order valence-electron chi connectivity index (χ4n) is 2.53. The van der Waals surface area contributed by atoms with Crippen molar-refractivity contribution in [2.45, 2.75) is 18.5 Å². The summed E-state index contributed by atoms with van der Waals surface area (Å²) < 4.78 is 11.3. The van der Waals surface area contributed by atoms with Gasteiger partial charge in [0.05, 0.1) is 6.61 Å². The van der Waals surface area contributed by atoms with Crippen LogP contribution in [-0.4, -0.2) is 29.7 Å². The first-order chi connectivity index (χ1) is 12.2. The van der Waals surface area contributed by atoms with Gasteiger partial charge >= 0.3 is 0 Å². The first-order valence-electron chi connectivity index (χ1n) is 8.18. The first-order valence-corrected chi connectivity index (χ1v) is 8.18. The van der Waals surface area contributed by atoms with E-state index in [4.69, 9.17) is 9.47 Å². The van der Waals surface area contributed by atoms with Gasteiger partial charge in [-0.25, -0.2) is 0 Å². The quantitative estimate of drug-likeness (QED) is 0.516. The van der Waals surface area contributed by atoms with Gasteiger partial charge in [-0.3, -0.25) is 4.79 Å². The van der Waals surface area contributed by atoms with Crippen LogP contribution < -0.4 is 0 Å². The van der Waals surface area contributed by atoms with Gasteiger partial charge in [0.2, 0.25) is 0 Å². The maximum absolute atomic E-state index is 12.0. The predicted octanol–water partition coefficient (Wildman–Crippen LogP) is 3.46. The van der Waals surface area contributed by atoms with E-state index >= 15 is 0 Å². The average Bonchev–Trinajstić information content (AvgIpc) is 2.67. The summed E-state index contributed by atoms with van der Waals surface area (Å²) in [6.07, 6.45) is 4.85. The number of aliphatic hydroxyl groups is 1. The van der Waals surface area contributed by atoms with Crippen LogP contribution in [0.25, 0.3) is 0 Å². The van der Waals surface area contributed by atoms with Crippen LogP contribution in [0.1, 0.15) is 22.2 Å². The van der Waals surface area contributed by atoms with Crippen molar-refractivity contribution in [3.8, 4) is 0 Å². The Hall–Kier alpha value is -2.53. The summed E-state index contributed by atoms with van der Waals surface area (Å²) in [5.74, 6) is -0.0687. The first kappa shape index (κ1) is 17.3. The fraction of sp³-hybridized carbons (Fsp3) is 0.190. The van der Waals surface area contributed by atoms with E-state index in [0.717, 1.165) is 5.56 Å². The lowest BCUT2D eigenvalue weighted by Crippen LogP contribution is -2.39. The topological polar surface area (TPSA) is 55.8 Å². The average molecular weight is 336 g/mol. The van der Waals surface area contributed by atoms with E-state index in [9.17, 15) is 9.90 Å². The van der Waals surface area contributed by atoms with Crippen LogP contribution >= 0.6 is 0 Å². The minimum absolute atomic E-state index is 0.0687. The van der Waals surface area contributed by atoms with Crippen molar-refractivity contribution in [1.82, 2.24) is 0 Å². The summed E-state index contributed by atoms with van der Waals surface area (Å²) in [4.78, 5) is 12.0. The molecular formula is C21H20O4. The smallest absolute Gasteiger partial charge is 0.185 e. The van der Waals surface area contributed by atoms with Crippen LogP contribution in [-0.2, 0) is 9.47 Å². The van der Waals surface area contributed by atoms with Crippen molar-refractivity contribution in [2.24, 2.45) is 0 Å². The number of hydrogen-bond donors (Lipinski definition) is 1. The Morgan fingerprint density at radius 3 is 2.40 bits per heavy atom. The molecule has 1 saturated heterocycles. The summed E-state index contributed by atoms with van der Waals surface area (Å²) in [6, 6.07) is 18.6. The maximum Gasteiger partial charge on any atom is 0.185 e. The molecule has 0 saturated carbocycles. The van der Waals surface area contributed by atoms with Crippen LogP contribution in [0.3, 0.4) is 0 Å². The number of ether oxygens (including phenoxy) is 2. The highest BCUT2D eigenvalue weighted by molar-refractivity contribution is 6.04. The zero-order valence-corrected chi connectivity index (χ0v) is 13.7. The highest BCUT2D eigenvalue weighted by atomic mass is 16.7. The highest BCUT2D eigenvalue weighted by Crippen LogP contribution is 2.26. The molecule has 0 aromatic heterocycles. The third-order valence-electron chi connectivity index (χ3n) is 3.87. The van der Waals surface area contributed by atoms with Crippen LogP contribution in [0.15, 0.2) is 85.0 Å². The number of allylic oxidation sites excluding steroid dienone is 3. The summed E-state index contributed by atoms with van der Waals surface area (Å²) in [5.41, 5.74) is 1.54. The molecule has 25 heavy (non-hydrogen) atoms. The Morgan fingerprint density at radius 2 is 1.68 bits per heavy atom. The van der Waals surface area contributed by atoms with Gasteiger partial charge in [0, 0.05) is 11.1 Å². The van der Waals surface area contributed by atoms with Gasteiger partial charge in [-0.1, -0.05) is 78.9 Å². The second kappa shape index (κ2) is 8.53. The van der Waals surface area contributed by atoms with E-state index in [1.165, 1.54) is 6.08 Å². The van der Waals surface area contributed by atoms with Gasteiger partial charge in [0.15, 0.2) is 12.1 Å².